The molecule has 0 aromatic carbocycles. The van der Waals surface area contributed by atoms with Gasteiger partial charge in [0.25, 0.3) is 0 Å². The van der Waals surface area contributed by atoms with Crippen molar-refractivity contribution in [3.63, 3.8) is 0 Å². The molecule has 17 heavy (non-hydrogen) atoms. The van der Waals surface area contributed by atoms with Crippen molar-refractivity contribution >= 4 is 11.7 Å². The lowest BCUT2D eigenvalue weighted by Gasteiger charge is -2.26. The molecule has 0 bridgehead atoms. The predicted molar refractivity (Wildman–Crippen MR) is 67.4 cm³/mol. The van der Waals surface area contributed by atoms with Gasteiger partial charge in [-0.05, 0) is 13.8 Å². The number of carbonyl (C=O) groups excluding carboxylic acids is 2. The van der Waals surface area contributed by atoms with E-state index in [1.807, 2.05) is 27.7 Å². The van der Waals surface area contributed by atoms with Crippen LogP contribution in [-0.2, 0) is 9.59 Å². The molecule has 1 N–H and O–H groups in total. The van der Waals surface area contributed by atoms with Crippen LogP contribution in [0.15, 0.2) is 11.3 Å². The van der Waals surface area contributed by atoms with E-state index in [1.165, 1.54) is 0 Å². The third kappa shape index (κ3) is 2.21. The summed E-state index contributed by atoms with van der Waals surface area (Å²) in [5.41, 5.74) is 1.76. The first-order valence-electron chi connectivity index (χ1n) is 6.34. The van der Waals surface area contributed by atoms with Crippen LogP contribution in [0.4, 0.5) is 0 Å². The van der Waals surface area contributed by atoms with Crippen LogP contribution >= 0.6 is 0 Å². The zero-order valence-corrected chi connectivity index (χ0v) is 11.3. The quantitative estimate of drug-likeness (QED) is 0.695. The van der Waals surface area contributed by atoms with Gasteiger partial charge in [0.15, 0.2) is 5.78 Å². The normalized spacial score (nSPS) is 27.1. The van der Waals surface area contributed by atoms with Crippen LogP contribution in [0.2, 0.25) is 0 Å². The van der Waals surface area contributed by atoms with Crippen LogP contribution in [0.5, 0.6) is 0 Å². The average Bonchev–Trinajstić information content (AvgIpc) is 2.55. The molecule has 2 rings (SSSR count). The first-order valence-corrected chi connectivity index (χ1v) is 6.34. The van der Waals surface area contributed by atoms with Gasteiger partial charge in [0.1, 0.15) is 0 Å². The molecular formula is C13H22N2O2. The molecule has 0 saturated heterocycles. The number of Topliss-reactive ketones (excluding diaryl/α,β-unsaturated/α-hetero) is 1. The van der Waals surface area contributed by atoms with E-state index in [9.17, 15) is 9.59 Å². The van der Waals surface area contributed by atoms with E-state index < -0.39 is 0 Å². The van der Waals surface area contributed by atoms with Crippen LogP contribution < -0.4 is 5.32 Å². The van der Waals surface area contributed by atoms with Gasteiger partial charge in [-0.15, -0.1) is 0 Å². The molecule has 4 nitrogen and oxygen atoms in total. The molecule has 0 spiro atoms. The van der Waals surface area contributed by atoms with Crippen molar-refractivity contribution in [2.24, 2.45) is 0 Å². The minimum atomic E-state index is -0.0761. The van der Waals surface area contributed by atoms with Crippen LogP contribution in [0.1, 0.15) is 41.0 Å². The molecular weight excluding hydrogens is 216 g/mol. The fourth-order valence-electron chi connectivity index (χ4n) is 2.68. The Hall–Kier alpha value is -1.32. The maximum absolute atomic E-state index is 11.8. The summed E-state index contributed by atoms with van der Waals surface area (Å²) >= 11 is 0. The zero-order chi connectivity index (χ0) is 13.2. The first kappa shape index (κ1) is 13.7. The van der Waals surface area contributed by atoms with Crippen molar-refractivity contribution in [3.05, 3.63) is 11.3 Å². The van der Waals surface area contributed by atoms with Crippen molar-refractivity contribution in [1.29, 1.82) is 0 Å². The van der Waals surface area contributed by atoms with Gasteiger partial charge < -0.3 is 10.2 Å². The van der Waals surface area contributed by atoms with E-state index >= 15 is 0 Å². The van der Waals surface area contributed by atoms with Crippen molar-refractivity contribution in [3.8, 4) is 0 Å². The highest BCUT2D eigenvalue weighted by molar-refractivity contribution is 6.00. The molecule has 96 valence electrons. The third-order valence-corrected chi connectivity index (χ3v) is 3.29. The van der Waals surface area contributed by atoms with Crippen molar-refractivity contribution < 1.29 is 9.59 Å². The smallest absolute Gasteiger partial charge is 0.220 e. The second-order valence-electron chi connectivity index (χ2n) is 4.21. The fourth-order valence-corrected chi connectivity index (χ4v) is 2.68. The second-order valence-corrected chi connectivity index (χ2v) is 4.21. The molecule has 0 aliphatic carbocycles. The van der Waals surface area contributed by atoms with Crippen molar-refractivity contribution in [2.75, 3.05) is 6.54 Å². The summed E-state index contributed by atoms with van der Waals surface area (Å²) in [5.74, 6) is 0.214. The van der Waals surface area contributed by atoms with Crippen LogP contribution in [-0.4, -0.2) is 35.2 Å². The topological polar surface area (TPSA) is 49.4 Å². The zero-order valence-electron chi connectivity index (χ0n) is 11.3. The Bertz CT molecular complexity index is 360. The summed E-state index contributed by atoms with van der Waals surface area (Å²) in [4.78, 5) is 25.0. The highest BCUT2D eigenvalue weighted by Crippen LogP contribution is 2.31. The number of ketones is 1. The summed E-state index contributed by atoms with van der Waals surface area (Å²) in [7, 11) is 0. The summed E-state index contributed by atoms with van der Waals surface area (Å²) < 4.78 is 0. The molecule has 2 heterocycles. The largest absolute Gasteiger partial charge is 0.386 e. The van der Waals surface area contributed by atoms with E-state index in [0.717, 1.165) is 11.3 Å². The lowest BCUT2D eigenvalue weighted by Crippen LogP contribution is -2.40. The SMILES string of the molecule is CC.CC(=O)N1C(C)C2=C(C(=O)CCN2)C1C. The monoisotopic (exact) mass is 238 g/mol. The number of hydrogen-bond donors (Lipinski definition) is 1. The predicted octanol–water partition coefficient (Wildman–Crippen LogP) is 1.47. The molecule has 4 heteroatoms. The minimum Gasteiger partial charge on any atom is -0.386 e. The summed E-state index contributed by atoms with van der Waals surface area (Å²) in [6, 6.07) is -0.0652. The Morgan fingerprint density at radius 3 is 2.35 bits per heavy atom. The van der Waals surface area contributed by atoms with E-state index in [-0.39, 0.29) is 23.8 Å². The lowest BCUT2D eigenvalue weighted by molar-refractivity contribution is -0.130. The number of hydrogen-bond acceptors (Lipinski definition) is 3. The van der Waals surface area contributed by atoms with Gasteiger partial charge in [-0.3, -0.25) is 9.59 Å². The maximum Gasteiger partial charge on any atom is 0.220 e. The number of nitrogens with zero attached hydrogens (tertiary/aromatic N) is 1. The minimum absolute atomic E-state index is 0.0109. The van der Waals surface area contributed by atoms with Gasteiger partial charge in [0, 0.05) is 31.2 Å². The Kier molecular flexibility index (Phi) is 4.32. The Balaban J connectivity index is 0.000000686. The number of amides is 1. The van der Waals surface area contributed by atoms with E-state index in [2.05, 4.69) is 5.32 Å². The highest BCUT2D eigenvalue weighted by atomic mass is 16.2. The van der Waals surface area contributed by atoms with E-state index in [1.54, 1.807) is 11.8 Å². The molecule has 0 aromatic rings. The standard InChI is InChI=1S/C11H16N2O2.C2H6/c1-6-10-9(15)4-5-12-11(10)7(2)13(6)8(3)14;1-2/h6-7,12H,4-5H2,1-3H3;1-2H3. The van der Waals surface area contributed by atoms with Gasteiger partial charge in [-0.25, -0.2) is 0 Å². The fraction of sp³-hybridized carbons (Fsp3) is 0.692. The molecule has 2 aliphatic rings. The molecule has 0 radical (unpaired) electrons. The number of rotatable bonds is 0. The second kappa shape index (κ2) is 5.34. The molecule has 2 unspecified atom stereocenters. The molecule has 0 aromatic heterocycles. The molecule has 2 aliphatic heterocycles. The Labute approximate surface area is 103 Å². The van der Waals surface area contributed by atoms with Crippen LogP contribution in [0, 0.1) is 0 Å². The first-order chi connectivity index (χ1) is 8.04. The van der Waals surface area contributed by atoms with Crippen LogP contribution in [0.3, 0.4) is 0 Å². The maximum atomic E-state index is 11.8. The van der Waals surface area contributed by atoms with Gasteiger partial charge in [-0.1, -0.05) is 13.8 Å². The summed E-state index contributed by atoms with van der Waals surface area (Å²) in [6.45, 7) is 10.1. The number of nitrogens with one attached hydrogen (secondary N) is 1. The molecule has 2 atom stereocenters. The van der Waals surface area contributed by atoms with E-state index in [4.69, 9.17) is 0 Å². The Morgan fingerprint density at radius 1 is 1.29 bits per heavy atom. The number of carbonyl (C=O) groups is 2. The highest BCUT2D eigenvalue weighted by Gasteiger charge is 2.41. The third-order valence-electron chi connectivity index (χ3n) is 3.29. The van der Waals surface area contributed by atoms with Gasteiger partial charge in [0.2, 0.25) is 5.91 Å². The van der Waals surface area contributed by atoms with Gasteiger partial charge in [0.05, 0.1) is 12.1 Å². The average molecular weight is 238 g/mol. The van der Waals surface area contributed by atoms with Crippen LogP contribution in [0.25, 0.3) is 0 Å². The molecule has 0 saturated carbocycles. The molecule has 0 fully saturated rings. The van der Waals surface area contributed by atoms with Gasteiger partial charge >= 0.3 is 0 Å². The van der Waals surface area contributed by atoms with Gasteiger partial charge in [-0.2, -0.15) is 0 Å². The lowest BCUT2D eigenvalue weighted by atomic mass is 9.98. The summed E-state index contributed by atoms with van der Waals surface area (Å²) in [5, 5.41) is 3.24. The van der Waals surface area contributed by atoms with Crippen molar-refractivity contribution in [2.45, 2.75) is 53.1 Å². The Morgan fingerprint density at radius 2 is 1.88 bits per heavy atom. The van der Waals surface area contributed by atoms with Crippen molar-refractivity contribution in [1.82, 2.24) is 10.2 Å². The summed E-state index contributed by atoms with van der Waals surface area (Å²) in [6.07, 6.45) is 0.543. The van der Waals surface area contributed by atoms with E-state index in [0.29, 0.717) is 13.0 Å². The molecule has 1 amide bonds.